The largest absolute Gasteiger partial charge is 0.389 e. The maximum Gasteiger partial charge on any atom is 0.0766 e. The molecule has 0 spiro atoms. The van der Waals surface area contributed by atoms with Gasteiger partial charge in [0.2, 0.25) is 0 Å². The second-order valence-electron chi connectivity index (χ2n) is 5.93. The van der Waals surface area contributed by atoms with Crippen molar-refractivity contribution in [3.63, 3.8) is 0 Å². The van der Waals surface area contributed by atoms with E-state index in [9.17, 15) is 5.11 Å². The van der Waals surface area contributed by atoms with E-state index < -0.39 is 5.60 Å². The van der Waals surface area contributed by atoms with E-state index in [1.807, 2.05) is 4.68 Å². The summed E-state index contributed by atoms with van der Waals surface area (Å²) in [6.45, 7) is 7.12. The normalized spacial score (nSPS) is 24.9. The second-order valence-corrected chi connectivity index (χ2v) is 6.73. The van der Waals surface area contributed by atoms with Gasteiger partial charge in [-0.15, -0.1) is 0 Å². The first kappa shape index (κ1) is 16.0. The van der Waals surface area contributed by atoms with Gasteiger partial charge in [-0.2, -0.15) is 5.10 Å². The molecule has 2 heterocycles. The molecular formula is C15H26BrN3O. The molecule has 1 aromatic heterocycles. The van der Waals surface area contributed by atoms with Crippen LogP contribution in [0.3, 0.4) is 0 Å². The molecule has 1 fully saturated rings. The molecule has 1 unspecified atom stereocenters. The molecule has 0 aliphatic carbocycles. The van der Waals surface area contributed by atoms with E-state index in [-0.39, 0.29) is 0 Å². The molecule has 1 atom stereocenters. The van der Waals surface area contributed by atoms with Gasteiger partial charge in [0.1, 0.15) is 0 Å². The lowest BCUT2D eigenvalue weighted by Gasteiger charge is -2.27. The summed E-state index contributed by atoms with van der Waals surface area (Å²) < 4.78 is 3.13. The lowest BCUT2D eigenvalue weighted by atomic mass is 9.89. The quantitative estimate of drug-likeness (QED) is 0.913. The number of aryl methyl sites for hydroxylation is 2. The Hall–Kier alpha value is -0.390. The Morgan fingerprint density at radius 1 is 1.30 bits per heavy atom. The molecule has 0 aromatic carbocycles. The summed E-state index contributed by atoms with van der Waals surface area (Å²) in [5.41, 5.74) is 1.65. The Bertz CT molecular complexity index is 460. The van der Waals surface area contributed by atoms with Crippen LogP contribution in [0.2, 0.25) is 0 Å². The number of halogens is 1. The number of nitrogens with zero attached hydrogens (tertiary/aromatic N) is 3. The van der Waals surface area contributed by atoms with Gasteiger partial charge in [0.25, 0.3) is 0 Å². The standard InChI is InChI=1S/C15H26BrN3O/c1-4-12-14(16)13(19(5-2)17-12)11-15(20)7-6-9-18(3)10-8-15/h20H,4-11H2,1-3H3. The van der Waals surface area contributed by atoms with Crippen LogP contribution >= 0.6 is 15.9 Å². The summed E-state index contributed by atoms with van der Waals surface area (Å²) in [4.78, 5) is 2.31. The molecule has 0 saturated carbocycles. The average molecular weight is 344 g/mol. The van der Waals surface area contributed by atoms with Crippen LogP contribution in [-0.2, 0) is 19.4 Å². The molecular weight excluding hydrogens is 318 g/mol. The lowest BCUT2D eigenvalue weighted by Crippen LogP contribution is -2.33. The second kappa shape index (κ2) is 6.58. The Kier molecular flexibility index (Phi) is 5.26. The monoisotopic (exact) mass is 343 g/mol. The fourth-order valence-electron chi connectivity index (χ4n) is 2.99. The van der Waals surface area contributed by atoms with Gasteiger partial charge in [-0.05, 0) is 62.1 Å². The minimum atomic E-state index is -0.592. The number of hydrogen-bond donors (Lipinski definition) is 1. The Morgan fingerprint density at radius 3 is 2.70 bits per heavy atom. The maximum absolute atomic E-state index is 11.0. The number of aliphatic hydroxyl groups is 1. The van der Waals surface area contributed by atoms with Crippen molar-refractivity contribution in [2.75, 3.05) is 20.1 Å². The molecule has 114 valence electrons. The SMILES string of the molecule is CCc1nn(CC)c(CC2(O)CCCN(C)CC2)c1Br. The van der Waals surface area contributed by atoms with Crippen molar-refractivity contribution in [1.82, 2.24) is 14.7 Å². The van der Waals surface area contributed by atoms with Gasteiger partial charge in [-0.3, -0.25) is 4.68 Å². The number of rotatable bonds is 4. The summed E-state index contributed by atoms with van der Waals surface area (Å²) >= 11 is 3.68. The average Bonchev–Trinajstić information content (AvgIpc) is 2.61. The minimum absolute atomic E-state index is 0.592. The summed E-state index contributed by atoms with van der Waals surface area (Å²) in [5, 5.41) is 15.6. The third-order valence-electron chi connectivity index (χ3n) is 4.33. The molecule has 4 nitrogen and oxygen atoms in total. The van der Waals surface area contributed by atoms with Gasteiger partial charge in [0.05, 0.1) is 21.5 Å². The fraction of sp³-hybridized carbons (Fsp3) is 0.800. The van der Waals surface area contributed by atoms with Gasteiger partial charge in [0.15, 0.2) is 0 Å². The molecule has 0 radical (unpaired) electrons. The van der Waals surface area contributed by atoms with Crippen LogP contribution in [0.25, 0.3) is 0 Å². The number of likely N-dealkylation sites (tertiary alicyclic amines) is 1. The van der Waals surface area contributed by atoms with Crippen LogP contribution < -0.4 is 0 Å². The number of hydrogen-bond acceptors (Lipinski definition) is 3. The van der Waals surface area contributed by atoms with E-state index in [4.69, 9.17) is 0 Å². The predicted molar refractivity (Wildman–Crippen MR) is 85.0 cm³/mol. The molecule has 5 heteroatoms. The fourth-order valence-corrected chi connectivity index (χ4v) is 3.69. The van der Waals surface area contributed by atoms with Crippen molar-refractivity contribution >= 4 is 15.9 Å². The van der Waals surface area contributed by atoms with E-state index in [0.29, 0.717) is 6.42 Å². The highest BCUT2D eigenvalue weighted by molar-refractivity contribution is 9.10. The van der Waals surface area contributed by atoms with E-state index in [1.165, 1.54) is 0 Å². The third-order valence-corrected chi connectivity index (χ3v) is 5.25. The lowest BCUT2D eigenvalue weighted by molar-refractivity contribution is 0.0242. The first-order valence-corrected chi connectivity index (χ1v) is 8.43. The van der Waals surface area contributed by atoms with E-state index in [0.717, 1.165) is 61.2 Å². The topological polar surface area (TPSA) is 41.3 Å². The zero-order valence-corrected chi connectivity index (χ0v) is 14.4. The molecule has 1 aromatic rings. The third kappa shape index (κ3) is 3.43. The molecule has 1 aliphatic heterocycles. The van der Waals surface area contributed by atoms with Crippen molar-refractivity contribution in [3.8, 4) is 0 Å². The molecule has 20 heavy (non-hydrogen) atoms. The molecule has 0 amide bonds. The highest BCUT2D eigenvalue weighted by Gasteiger charge is 2.32. The van der Waals surface area contributed by atoms with Gasteiger partial charge in [-0.25, -0.2) is 0 Å². The van der Waals surface area contributed by atoms with Crippen LogP contribution in [0, 0.1) is 0 Å². The van der Waals surface area contributed by atoms with Crippen molar-refractivity contribution in [1.29, 1.82) is 0 Å². The van der Waals surface area contributed by atoms with Crippen molar-refractivity contribution in [2.45, 2.75) is 58.1 Å². The smallest absolute Gasteiger partial charge is 0.0766 e. The molecule has 1 saturated heterocycles. The van der Waals surface area contributed by atoms with Crippen LogP contribution in [-0.4, -0.2) is 45.5 Å². The van der Waals surface area contributed by atoms with Crippen molar-refractivity contribution in [3.05, 3.63) is 15.9 Å². The van der Waals surface area contributed by atoms with Crippen LogP contribution in [0.4, 0.5) is 0 Å². The number of aromatic nitrogens is 2. The Labute approximate surface area is 130 Å². The molecule has 2 rings (SSSR count). The summed E-state index contributed by atoms with van der Waals surface area (Å²) in [7, 11) is 2.13. The van der Waals surface area contributed by atoms with E-state index in [2.05, 4.69) is 46.8 Å². The first-order valence-electron chi connectivity index (χ1n) is 7.64. The highest BCUT2D eigenvalue weighted by Crippen LogP contribution is 2.31. The predicted octanol–water partition coefficient (Wildman–Crippen LogP) is 2.62. The van der Waals surface area contributed by atoms with Gasteiger partial charge in [0, 0.05) is 19.5 Å². The zero-order valence-electron chi connectivity index (χ0n) is 12.8. The molecule has 0 bridgehead atoms. The Balaban J connectivity index is 2.21. The Morgan fingerprint density at radius 2 is 2.05 bits per heavy atom. The van der Waals surface area contributed by atoms with Gasteiger partial charge in [-0.1, -0.05) is 6.92 Å². The summed E-state index contributed by atoms with van der Waals surface area (Å²) in [5.74, 6) is 0. The van der Waals surface area contributed by atoms with Crippen molar-refractivity contribution in [2.24, 2.45) is 0 Å². The maximum atomic E-state index is 11.0. The molecule has 1 N–H and O–H groups in total. The van der Waals surface area contributed by atoms with E-state index >= 15 is 0 Å². The summed E-state index contributed by atoms with van der Waals surface area (Å²) in [6, 6.07) is 0. The van der Waals surface area contributed by atoms with Crippen LogP contribution in [0.1, 0.15) is 44.5 Å². The van der Waals surface area contributed by atoms with Gasteiger partial charge >= 0.3 is 0 Å². The summed E-state index contributed by atoms with van der Waals surface area (Å²) in [6.07, 6.45) is 4.39. The van der Waals surface area contributed by atoms with Crippen LogP contribution in [0.15, 0.2) is 4.47 Å². The molecule has 1 aliphatic rings. The zero-order chi connectivity index (χ0) is 14.8. The van der Waals surface area contributed by atoms with Crippen LogP contribution in [0.5, 0.6) is 0 Å². The first-order chi connectivity index (χ1) is 9.49. The van der Waals surface area contributed by atoms with E-state index in [1.54, 1.807) is 0 Å². The van der Waals surface area contributed by atoms with Crippen molar-refractivity contribution < 1.29 is 5.11 Å². The minimum Gasteiger partial charge on any atom is -0.389 e. The highest BCUT2D eigenvalue weighted by atomic mass is 79.9. The van der Waals surface area contributed by atoms with Gasteiger partial charge < -0.3 is 10.0 Å².